The zero-order valence-corrected chi connectivity index (χ0v) is 14.5. The van der Waals surface area contributed by atoms with Gasteiger partial charge in [0.15, 0.2) is 5.69 Å². The Labute approximate surface area is 141 Å². The second-order valence-electron chi connectivity index (χ2n) is 6.53. The van der Waals surface area contributed by atoms with E-state index in [9.17, 15) is 4.79 Å². The van der Waals surface area contributed by atoms with Crippen LogP contribution in [0.5, 0.6) is 0 Å². The number of likely N-dealkylation sites (tertiary alicyclic amines) is 1. The monoisotopic (exact) mass is 332 g/mol. The number of carbonyl (C=O) groups is 1. The minimum atomic E-state index is -0.110. The lowest BCUT2D eigenvalue weighted by molar-refractivity contribution is 0.0915. The number of hydrogen-bond donors (Lipinski definition) is 2. The van der Waals surface area contributed by atoms with E-state index in [-0.39, 0.29) is 11.9 Å². The Morgan fingerprint density at radius 3 is 3.22 bits per heavy atom. The minimum Gasteiger partial charge on any atom is -0.347 e. The summed E-state index contributed by atoms with van der Waals surface area (Å²) >= 11 is 1.63. The van der Waals surface area contributed by atoms with Crippen LogP contribution in [0.25, 0.3) is 10.6 Å². The summed E-state index contributed by atoms with van der Waals surface area (Å²) in [6, 6.07) is 5.94. The van der Waals surface area contributed by atoms with Crippen molar-refractivity contribution in [3.63, 3.8) is 0 Å². The predicted molar refractivity (Wildman–Crippen MR) is 93.7 cm³/mol. The van der Waals surface area contributed by atoms with Gasteiger partial charge in [-0.1, -0.05) is 13.0 Å². The van der Waals surface area contributed by atoms with Crippen LogP contribution in [0.3, 0.4) is 0 Å². The predicted octanol–water partition coefficient (Wildman–Crippen LogP) is 2.99. The van der Waals surface area contributed by atoms with Crippen LogP contribution in [0.2, 0.25) is 0 Å². The number of hydrogen-bond acceptors (Lipinski definition) is 4. The molecule has 6 heteroatoms. The van der Waals surface area contributed by atoms with Crippen LogP contribution in [-0.2, 0) is 0 Å². The number of aromatic nitrogens is 2. The van der Waals surface area contributed by atoms with Gasteiger partial charge in [0.25, 0.3) is 5.91 Å². The molecule has 2 unspecified atom stereocenters. The largest absolute Gasteiger partial charge is 0.347 e. The van der Waals surface area contributed by atoms with Gasteiger partial charge in [-0.3, -0.25) is 9.89 Å². The molecule has 23 heavy (non-hydrogen) atoms. The van der Waals surface area contributed by atoms with E-state index in [2.05, 4.69) is 34.3 Å². The molecule has 0 saturated carbocycles. The Morgan fingerprint density at radius 1 is 1.61 bits per heavy atom. The first kappa shape index (κ1) is 16.2. The second kappa shape index (κ2) is 7.27. The van der Waals surface area contributed by atoms with Crippen molar-refractivity contribution < 1.29 is 4.79 Å². The number of nitrogens with zero attached hydrogens (tertiary/aromatic N) is 2. The molecule has 0 aliphatic carbocycles. The van der Waals surface area contributed by atoms with E-state index in [0.717, 1.165) is 36.1 Å². The molecule has 3 rings (SSSR count). The maximum Gasteiger partial charge on any atom is 0.272 e. The third kappa shape index (κ3) is 4.20. The molecule has 2 aromatic heterocycles. The molecular formula is C17H24N4OS. The van der Waals surface area contributed by atoms with Gasteiger partial charge < -0.3 is 10.2 Å². The quantitative estimate of drug-likeness (QED) is 0.885. The first-order valence-corrected chi connectivity index (χ1v) is 9.12. The van der Waals surface area contributed by atoms with Crippen LogP contribution in [-0.4, -0.2) is 46.7 Å². The average Bonchev–Trinajstić information content (AvgIpc) is 3.18. The van der Waals surface area contributed by atoms with Gasteiger partial charge in [0.05, 0.1) is 10.6 Å². The van der Waals surface area contributed by atoms with Crippen molar-refractivity contribution in [3.05, 3.63) is 29.3 Å². The van der Waals surface area contributed by atoms with Gasteiger partial charge >= 0.3 is 0 Å². The van der Waals surface area contributed by atoms with Gasteiger partial charge in [-0.2, -0.15) is 5.10 Å². The molecule has 1 saturated heterocycles. The smallest absolute Gasteiger partial charge is 0.272 e. The zero-order chi connectivity index (χ0) is 16.2. The fraction of sp³-hybridized carbons (Fsp3) is 0.529. The van der Waals surface area contributed by atoms with E-state index >= 15 is 0 Å². The lowest BCUT2D eigenvalue weighted by Gasteiger charge is -2.32. The fourth-order valence-corrected chi connectivity index (χ4v) is 3.87. The molecule has 0 spiro atoms. The van der Waals surface area contributed by atoms with E-state index in [1.54, 1.807) is 11.3 Å². The average molecular weight is 332 g/mol. The first-order chi connectivity index (χ1) is 11.1. The maximum atomic E-state index is 12.3. The Morgan fingerprint density at radius 2 is 2.48 bits per heavy atom. The summed E-state index contributed by atoms with van der Waals surface area (Å²) in [5, 5.41) is 12.1. The first-order valence-electron chi connectivity index (χ1n) is 8.24. The van der Waals surface area contributed by atoms with Crippen molar-refractivity contribution in [1.29, 1.82) is 0 Å². The topological polar surface area (TPSA) is 61.0 Å². The molecule has 3 heterocycles. The minimum absolute atomic E-state index is 0.110. The highest BCUT2D eigenvalue weighted by Gasteiger charge is 2.20. The van der Waals surface area contributed by atoms with Crippen LogP contribution in [0.15, 0.2) is 23.6 Å². The summed E-state index contributed by atoms with van der Waals surface area (Å²) in [4.78, 5) is 15.9. The lowest BCUT2D eigenvalue weighted by Crippen LogP contribution is -2.45. The molecule has 124 valence electrons. The van der Waals surface area contributed by atoms with Crippen LogP contribution >= 0.6 is 11.3 Å². The number of amides is 1. The van der Waals surface area contributed by atoms with Gasteiger partial charge in [0.1, 0.15) is 0 Å². The summed E-state index contributed by atoms with van der Waals surface area (Å²) in [5.41, 5.74) is 1.34. The lowest BCUT2D eigenvalue weighted by atomic mass is 10.00. The molecule has 0 bridgehead atoms. The number of H-pyrrole nitrogens is 1. The van der Waals surface area contributed by atoms with Gasteiger partial charge in [-0.05, 0) is 49.7 Å². The SMILES string of the molecule is CC1CCCN(CC(C)NC(=O)c2cc(-c3cccs3)[nH]n2)C1. The number of rotatable bonds is 5. The normalized spacial score (nSPS) is 20.3. The molecule has 5 nitrogen and oxygen atoms in total. The Bertz CT molecular complexity index is 637. The second-order valence-corrected chi connectivity index (χ2v) is 7.47. The van der Waals surface area contributed by atoms with E-state index in [1.165, 1.54) is 12.8 Å². The van der Waals surface area contributed by atoms with E-state index in [1.807, 2.05) is 23.6 Å². The van der Waals surface area contributed by atoms with Gasteiger partial charge in [0, 0.05) is 19.1 Å². The Hall–Kier alpha value is -1.66. The summed E-state index contributed by atoms with van der Waals surface area (Å²) in [7, 11) is 0. The maximum absolute atomic E-state index is 12.3. The highest BCUT2D eigenvalue weighted by molar-refractivity contribution is 7.13. The molecule has 1 amide bonds. The van der Waals surface area contributed by atoms with E-state index < -0.39 is 0 Å². The van der Waals surface area contributed by atoms with Crippen molar-refractivity contribution in [1.82, 2.24) is 20.4 Å². The van der Waals surface area contributed by atoms with Crippen molar-refractivity contribution in [2.75, 3.05) is 19.6 Å². The molecule has 1 aliphatic rings. The Balaban J connectivity index is 1.54. The number of nitrogens with one attached hydrogen (secondary N) is 2. The molecule has 2 N–H and O–H groups in total. The number of piperidine rings is 1. The Kier molecular flexibility index (Phi) is 5.13. The zero-order valence-electron chi connectivity index (χ0n) is 13.7. The van der Waals surface area contributed by atoms with Crippen molar-refractivity contribution in [3.8, 4) is 10.6 Å². The van der Waals surface area contributed by atoms with Crippen LogP contribution in [0.4, 0.5) is 0 Å². The molecule has 0 aromatic carbocycles. The van der Waals surface area contributed by atoms with Crippen LogP contribution < -0.4 is 5.32 Å². The van der Waals surface area contributed by atoms with Gasteiger partial charge in [-0.25, -0.2) is 0 Å². The van der Waals surface area contributed by atoms with Crippen molar-refractivity contribution >= 4 is 17.2 Å². The number of carbonyl (C=O) groups excluding carboxylic acids is 1. The molecular weight excluding hydrogens is 308 g/mol. The summed E-state index contributed by atoms with van der Waals surface area (Å²) < 4.78 is 0. The summed E-state index contributed by atoms with van der Waals surface area (Å²) in [6.07, 6.45) is 2.57. The molecule has 2 atom stereocenters. The van der Waals surface area contributed by atoms with Gasteiger partial charge in [0.2, 0.25) is 0 Å². The summed E-state index contributed by atoms with van der Waals surface area (Å²) in [5.74, 6) is 0.646. The number of aromatic amines is 1. The third-order valence-corrected chi connectivity index (χ3v) is 5.15. The fourth-order valence-electron chi connectivity index (χ4n) is 3.18. The van der Waals surface area contributed by atoms with Crippen LogP contribution in [0.1, 0.15) is 37.2 Å². The van der Waals surface area contributed by atoms with E-state index in [0.29, 0.717) is 5.69 Å². The van der Waals surface area contributed by atoms with Crippen molar-refractivity contribution in [2.45, 2.75) is 32.7 Å². The highest BCUT2D eigenvalue weighted by Crippen LogP contribution is 2.23. The molecule has 2 aromatic rings. The third-order valence-electron chi connectivity index (χ3n) is 4.25. The van der Waals surface area contributed by atoms with E-state index in [4.69, 9.17) is 0 Å². The number of thiophene rings is 1. The van der Waals surface area contributed by atoms with Gasteiger partial charge in [-0.15, -0.1) is 11.3 Å². The molecule has 1 fully saturated rings. The standard InChI is InChI=1S/C17H24N4OS/c1-12-5-3-7-21(10-12)11-13(2)18-17(22)15-9-14(19-20-15)16-6-4-8-23-16/h4,6,8-9,12-13H,3,5,7,10-11H2,1-2H3,(H,18,22)(H,19,20). The molecule has 1 aliphatic heterocycles. The summed E-state index contributed by atoms with van der Waals surface area (Å²) in [6.45, 7) is 7.52. The molecule has 0 radical (unpaired) electrons. The van der Waals surface area contributed by atoms with Crippen LogP contribution in [0, 0.1) is 5.92 Å². The highest BCUT2D eigenvalue weighted by atomic mass is 32.1. The van der Waals surface area contributed by atoms with Crippen molar-refractivity contribution in [2.24, 2.45) is 5.92 Å².